The van der Waals surface area contributed by atoms with Gasteiger partial charge in [0, 0.05) is 5.39 Å². The average Bonchev–Trinajstić information content (AvgIpc) is 2.87. The van der Waals surface area contributed by atoms with Crippen molar-refractivity contribution in [1.82, 2.24) is 5.32 Å². The second-order valence-corrected chi connectivity index (χ2v) is 6.06. The fourth-order valence-electron chi connectivity index (χ4n) is 3.28. The number of benzene rings is 1. The van der Waals surface area contributed by atoms with Crippen LogP contribution in [0.5, 0.6) is 0 Å². The Bertz CT molecular complexity index is 552. The van der Waals surface area contributed by atoms with Crippen LogP contribution in [0.3, 0.4) is 0 Å². The quantitative estimate of drug-likeness (QED) is 0.682. The number of nitrogens with one attached hydrogen (secondary N) is 1. The second kappa shape index (κ2) is 7.65. The van der Waals surface area contributed by atoms with E-state index in [1.807, 2.05) is 0 Å². The SMILES string of the molecule is CCCC(CCC)C(NCC)c1cc2cc(C)ccc2o1. The summed E-state index contributed by atoms with van der Waals surface area (Å²) in [5.74, 6) is 1.76. The fourth-order valence-corrected chi connectivity index (χ4v) is 3.28. The van der Waals surface area contributed by atoms with Crippen LogP contribution in [0.1, 0.15) is 63.8 Å². The van der Waals surface area contributed by atoms with E-state index in [0.29, 0.717) is 12.0 Å². The van der Waals surface area contributed by atoms with E-state index in [1.54, 1.807) is 0 Å². The minimum Gasteiger partial charge on any atom is -0.459 e. The normalized spacial score (nSPS) is 13.2. The number of hydrogen-bond acceptors (Lipinski definition) is 2. The molecule has 0 radical (unpaired) electrons. The molecule has 0 aliphatic carbocycles. The van der Waals surface area contributed by atoms with E-state index in [1.165, 1.54) is 36.6 Å². The maximum atomic E-state index is 6.15. The molecule has 1 heterocycles. The van der Waals surface area contributed by atoms with Crippen LogP contribution in [0.4, 0.5) is 0 Å². The van der Waals surface area contributed by atoms with E-state index in [-0.39, 0.29) is 0 Å². The van der Waals surface area contributed by atoms with Gasteiger partial charge in [0.25, 0.3) is 0 Å². The van der Waals surface area contributed by atoms with Gasteiger partial charge in [-0.3, -0.25) is 0 Å². The highest BCUT2D eigenvalue weighted by Gasteiger charge is 2.24. The summed E-state index contributed by atoms with van der Waals surface area (Å²) in [6.07, 6.45) is 4.96. The number of furan rings is 1. The van der Waals surface area contributed by atoms with Crippen LogP contribution in [-0.2, 0) is 0 Å². The molecule has 0 amide bonds. The molecule has 0 bridgehead atoms. The van der Waals surface area contributed by atoms with Crippen LogP contribution in [0.15, 0.2) is 28.7 Å². The Morgan fingerprint density at radius 2 is 1.76 bits per heavy atom. The molecule has 1 atom stereocenters. The topological polar surface area (TPSA) is 25.2 Å². The van der Waals surface area contributed by atoms with Crippen LogP contribution < -0.4 is 5.32 Å². The molecule has 2 heteroatoms. The summed E-state index contributed by atoms with van der Waals surface area (Å²) in [5.41, 5.74) is 2.29. The van der Waals surface area contributed by atoms with E-state index in [2.05, 4.69) is 57.3 Å². The van der Waals surface area contributed by atoms with Gasteiger partial charge in [-0.2, -0.15) is 0 Å². The highest BCUT2D eigenvalue weighted by Crippen LogP contribution is 2.33. The summed E-state index contributed by atoms with van der Waals surface area (Å²) in [5, 5.41) is 4.87. The molecule has 2 rings (SSSR count). The Labute approximate surface area is 128 Å². The Kier molecular flexibility index (Phi) is 5.86. The number of fused-ring (bicyclic) bond motifs is 1. The summed E-state index contributed by atoms with van der Waals surface area (Å²) in [7, 11) is 0. The van der Waals surface area contributed by atoms with Gasteiger partial charge < -0.3 is 9.73 Å². The minimum absolute atomic E-state index is 0.336. The molecular weight excluding hydrogens is 258 g/mol. The average molecular weight is 287 g/mol. The molecule has 0 saturated carbocycles. The first-order valence-corrected chi connectivity index (χ1v) is 8.43. The molecular formula is C19H29NO. The zero-order chi connectivity index (χ0) is 15.2. The van der Waals surface area contributed by atoms with E-state index in [4.69, 9.17) is 4.42 Å². The van der Waals surface area contributed by atoms with Crippen LogP contribution in [0.2, 0.25) is 0 Å². The Morgan fingerprint density at radius 1 is 1.05 bits per heavy atom. The number of aryl methyl sites for hydroxylation is 1. The molecule has 0 aliphatic rings. The summed E-state index contributed by atoms with van der Waals surface area (Å²) in [6.45, 7) is 9.83. The van der Waals surface area contributed by atoms with E-state index in [9.17, 15) is 0 Å². The van der Waals surface area contributed by atoms with Gasteiger partial charge in [-0.15, -0.1) is 0 Å². The van der Waals surface area contributed by atoms with Crippen molar-refractivity contribution >= 4 is 11.0 Å². The van der Waals surface area contributed by atoms with Crippen molar-refractivity contribution in [3.8, 4) is 0 Å². The monoisotopic (exact) mass is 287 g/mol. The maximum absolute atomic E-state index is 6.15. The summed E-state index contributed by atoms with van der Waals surface area (Å²) >= 11 is 0. The molecule has 1 aromatic heterocycles. The van der Waals surface area contributed by atoms with Crippen molar-refractivity contribution in [3.05, 3.63) is 35.6 Å². The molecule has 2 nitrogen and oxygen atoms in total. The van der Waals surface area contributed by atoms with Crippen molar-refractivity contribution < 1.29 is 4.42 Å². The van der Waals surface area contributed by atoms with Gasteiger partial charge >= 0.3 is 0 Å². The third-order valence-corrected chi connectivity index (χ3v) is 4.21. The van der Waals surface area contributed by atoms with Crippen molar-refractivity contribution in [2.75, 3.05) is 6.54 Å². The first-order valence-electron chi connectivity index (χ1n) is 8.43. The Balaban J connectivity index is 2.33. The number of rotatable bonds is 8. The first kappa shape index (κ1) is 16.1. The van der Waals surface area contributed by atoms with Gasteiger partial charge in [0.05, 0.1) is 6.04 Å². The van der Waals surface area contributed by atoms with Crippen molar-refractivity contribution in [2.24, 2.45) is 5.92 Å². The van der Waals surface area contributed by atoms with E-state index >= 15 is 0 Å². The van der Waals surface area contributed by atoms with Gasteiger partial charge in [0.15, 0.2) is 0 Å². The highest BCUT2D eigenvalue weighted by atomic mass is 16.3. The Hall–Kier alpha value is -1.28. The lowest BCUT2D eigenvalue weighted by molar-refractivity contribution is 0.285. The van der Waals surface area contributed by atoms with Crippen molar-refractivity contribution in [1.29, 1.82) is 0 Å². The number of hydrogen-bond donors (Lipinski definition) is 1. The van der Waals surface area contributed by atoms with Gasteiger partial charge in [-0.25, -0.2) is 0 Å². The minimum atomic E-state index is 0.336. The first-order chi connectivity index (χ1) is 10.2. The highest BCUT2D eigenvalue weighted by molar-refractivity contribution is 5.78. The molecule has 2 aromatic rings. The van der Waals surface area contributed by atoms with E-state index < -0.39 is 0 Å². The van der Waals surface area contributed by atoms with Gasteiger partial charge in [0.1, 0.15) is 11.3 Å². The van der Waals surface area contributed by atoms with Crippen LogP contribution in [0.25, 0.3) is 11.0 Å². The molecule has 21 heavy (non-hydrogen) atoms. The maximum Gasteiger partial charge on any atom is 0.134 e. The zero-order valence-corrected chi connectivity index (χ0v) is 13.9. The van der Waals surface area contributed by atoms with Crippen LogP contribution >= 0.6 is 0 Å². The lowest BCUT2D eigenvalue weighted by Crippen LogP contribution is -2.28. The molecule has 0 fully saturated rings. The van der Waals surface area contributed by atoms with Gasteiger partial charge in [-0.05, 0) is 50.4 Å². The van der Waals surface area contributed by atoms with Crippen molar-refractivity contribution in [2.45, 2.75) is 59.4 Å². The Morgan fingerprint density at radius 3 is 2.38 bits per heavy atom. The lowest BCUT2D eigenvalue weighted by atomic mass is 9.89. The predicted molar refractivity (Wildman–Crippen MR) is 90.7 cm³/mol. The second-order valence-electron chi connectivity index (χ2n) is 6.06. The molecule has 0 spiro atoms. The lowest BCUT2D eigenvalue weighted by Gasteiger charge is -2.25. The molecule has 1 unspecified atom stereocenters. The molecule has 1 N–H and O–H groups in total. The third kappa shape index (κ3) is 3.88. The van der Waals surface area contributed by atoms with Gasteiger partial charge in [0.2, 0.25) is 0 Å². The zero-order valence-electron chi connectivity index (χ0n) is 13.9. The van der Waals surface area contributed by atoms with E-state index in [0.717, 1.165) is 17.9 Å². The standard InChI is InChI=1S/C19H29NO/c1-5-8-15(9-6-2)19(20-7-3)18-13-16-12-14(4)10-11-17(16)21-18/h10-13,15,19-20H,5-9H2,1-4H3. The van der Waals surface area contributed by atoms with Crippen LogP contribution in [0, 0.1) is 12.8 Å². The molecule has 1 aromatic carbocycles. The summed E-state index contributed by atoms with van der Waals surface area (Å²) in [6, 6.07) is 8.98. The summed E-state index contributed by atoms with van der Waals surface area (Å²) in [4.78, 5) is 0. The summed E-state index contributed by atoms with van der Waals surface area (Å²) < 4.78 is 6.15. The predicted octanol–water partition coefficient (Wildman–Crippen LogP) is 5.61. The smallest absolute Gasteiger partial charge is 0.134 e. The molecule has 0 aliphatic heterocycles. The fraction of sp³-hybridized carbons (Fsp3) is 0.579. The van der Waals surface area contributed by atoms with Gasteiger partial charge in [-0.1, -0.05) is 45.2 Å². The largest absolute Gasteiger partial charge is 0.459 e. The van der Waals surface area contributed by atoms with Crippen molar-refractivity contribution in [3.63, 3.8) is 0 Å². The van der Waals surface area contributed by atoms with Crippen LogP contribution in [-0.4, -0.2) is 6.54 Å². The molecule has 0 saturated heterocycles. The molecule has 116 valence electrons. The third-order valence-electron chi connectivity index (χ3n) is 4.21.